The fourth-order valence-electron chi connectivity index (χ4n) is 3.91. The first-order valence-electron chi connectivity index (χ1n) is 11.2. The van der Waals surface area contributed by atoms with Gasteiger partial charge in [-0.3, -0.25) is 9.59 Å². The summed E-state index contributed by atoms with van der Waals surface area (Å²) in [7, 11) is 0. The molecular formula is C25H33N3O3. The van der Waals surface area contributed by atoms with Gasteiger partial charge in [0.1, 0.15) is 6.61 Å². The molecule has 0 aromatic heterocycles. The number of benzene rings is 2. The van der Waals surface area contributed by atoms with Crippen LogP contribution in [0.4, 0.5) is 11.4 Å². The second kappa shape index (κ2) is 11.5. The van der Waals surface area contributed by atoms with Crippen molar-refractivity contribution in [3.63, 3.8) is 0 Å². The van der Waals surface area contributed by atoms with Crippen LogP contribution in [0.3, 0.4) is 0 Å². The van der Waals surface area contributed by atoms with Crippen LogP contribution in [0.5, 0.6) is 0 Å². The summed E-state index contributed by atoms with van der Waals surface area (Å²) in [5.41, 5.74) is 3.24. The number of anilines is 2. The Morgan fingerprint density at radius 3 is 2.39 bits per heavy atom. The molecular weight excluding hydrogens is 390 g/mol. The number of rotatable bonds is 9. The van der Waals surface area contributed by atoms with Gasteiger partial charge in [-0.2, -0.15) is 0 Å². The van der Waals surface area contributed by atoms with Crippen LogP contribution in [0.25, 0.3) is 0 Å². The summed E-state index contributed by atoms with van der Waals surface area (Å²) >= 11 is 0. The molecule has 3 rings (SSSR count). The summed E-state index contributed by atoms with van der Waals surface area (Å²) < 4.78 is 5.53. The third-order valence-corrected chi connectivity index (χ3v) is 5.60. The fraction of sp³-hybridized carbons (Fsp3) is 0.440. The number of carbonyl (C=O) groups is 2. The second-order valence-corrected chi connectivity index (χ2v) is 7.78. The van der Waals surface area contributed by atoms with Gasteiger partial charge in [-0.1, -0.05) is 30.3 Å². The highest BCUT2D eigenvalue weighted by Crippen LogP contribution is 2.28. The lowest BCUT2D eigenvalue weighted by atomic mass is 10.1. The molecule has 31 heavy (non-hydrogen) atoms. The van der Waals surface area contributed by atoms with Crippen LogP contribution in [0, 0.1) is 0 Å². The number of ether oxygens (including phenoxy) is 1. The van der Waals surface area contributed by atoms with Gasteiger partial charge in [0.25, 0.3) is 5.91 Å². The van der Waals surface area contributed by atoms with E-state index in [1.807, 2.05) is 61.2 Å². The van der Waals surface area contributed by atoms with Gasteiger partial charge in [0.2, 0.25) is 5.91 Å². The molecule has 0 spiro atoms. The number of nitrogens with zero attached hydrogens (tertiary/aromatic N) is 2. The van der Waals surface area contributed by atoms with Crippen LogP contribution in [0.15, 0.2) is 48.5 Å². The quantitative estimate of drug-likeness (QED) is 0.653. The SMILES string of the molecule is CCN(CC)C(=O)c1cc(NC(=O)COCc2ccccc2)ccc1N1CCCCC1. The molecule has 1 saturated heterocycles. The first-order chi connectivity index (χ1) is 15.1. The molecule has 1 heterocycles. The Balaban J connectivity index is 1.70. The average Bonchev–Trinajstić information content (AvgIpc) is 2.81. The molecule has 0 aliphatic carbocycles. The van der Waals surface area contributed by atoms with Gasteiger partial charge in [0, 0.05) is 37.6 Å². The highest BCUT2D eigenvalue weighted by molar-refractivity contribution is 6.02. The number of piperidine rings is 1. The Hall–Kier alpha value is -2.86. The lowest BCUT2D eigenvalue weighted by molar-refractivity contribution is -0.121. The molecule has 2 amide bonds. The van der Waals surface area contributed by atoms with E-state index in [0.29, 0.717) is 30.9 Å². The van der Waals surface area contributed by atoms with Crippen molar-refractivity contribution in [1.29, 1.82) is 0 Å². The third kappa shape index (κ3) is 6.31. The molecule has 1 aliphatic rings. The van der Waals surface area contributed by atoms with Crippen molar-refractivity contribution in [3.05, 3.63) is 59.7 Å². The lowest BCUT2D eigenvalue weighted by Crippen LogP contribution is -2.35. The molecule has 2 aromatic rings. The van der Waals surface area contributed by atoms with Gasteiger partial charge in [-0.25, -0.2) is 0 Å². The van der Waals surface area contributed by atoms with Crippen LogP contribution in [-0.2, 0) is 16.1 Å². The van der Waals surface area contributed by atoms with Gasteiger partial charge >= 0.3 is 0 Å². The summed E-state index contributed by atoms with van der Waals surface area (Å²) in [6.07, 6.45) is 3.50. The number of hydrogen-bond acceptors (Lipinski definition) is 4. The van der Waals surface area contributed by atoms with E-state index in [1.165, 1.54) is 6.42 Å². The van der Waals surface area contributed by atoms with Crippen molar-refractivity contribution in [2.45, 2.75) is 39.7 Å². The lowest BCUT2D eigenvalue weighted by Gasteiger charge is -2.31. The largest absolute Gasteiger partial charge is 0.371 e. The smallest absolute Gasteiger partial charge is 0.256 e. The van der Waals surface area contributed by atoms with Crippen LogP contribution < -0.4 is 10.2 Å². The number of carbonyl (C=O) groups excluding carboxylic acids is 2. The summed E-state index contributed by atoms with van der Waals surface area (Å²) in [5, 5.41) is 2.88. The Kier molecular flexibility index (Phi) is 8.47. The Bertz CT molecular complexity index is 860. The van der Waals surface area contributed by atoms with Gasteiger partial charge in [0.05, 0.1) is 12.2 Å². The monoisotopic (exact) mass is 423 g/mol. The zero-order valence-corrected chi connectivity index (χ0v) is 18.6. The molecule has 0 atom stereocenters. The summed E-state index contributed by atoms with van der Waals surface area (Å²) in [6.45, 7) is 7.53. The van der Waals surface area contributed by atoms with E-state index in [1.54, 1.807) is 6.07 Å². The minimum absolute atomic E-state index is 0.00185. The summed E-state index contributed by atoms with van der Waals surface area (Å²) in [4.78, 5) is 29.7. The van der Waals surface area contributed by atoms with Crippen LogP contribution in [0.1, 0.15) is 49.0 Å². The normalized spacial score (nSPS) is 13.7. The van der Waals surface area contributed by atoms with Gasteiger partial charge in [0.15, 0.2) is 0 Å². The van der Waals surface area contributed by atoms with Gasteiger partial charge in [-0.15, -0.1) is 0 Å². The zero-order valence-electron chi connectivity index (χ0n) is 18.6. The van der Waals surface area contributed by atoms with Crippen LogP contribution >= 0.6 is 0 Å². The standard InChI is InChI=1S/C25H33N3O3/c1-3-27(4-2)25(30)22-17-21(13-14-23(22)28-15-9-6-10-16-28)26-24(29)19-31-18-20-11-7-5-8-12-20/h5,7-8,11-14,17H,3-4,6,9-10,15-16,18-19H2,1-2H3,(H,26,29). The maximum Gasteiger partial charge on any atom is 0.256 e. The summed E-state index contributed by atoms with van der Waals surface area (Å²) in [6, 6.07) is 15.4. The van der Waals surface area contributed by atoms with E-state index >= 15 is 0 Å². The van der Waals surface area contributed by atoms with Gasteiger partial charge < -0.3 is 19.9 Å². The van der Waals surface area contributed by atoms with E-state index in [2.05, 4.69) is 10.2 Å². The molecule has 1 aliphatic heterocycles. The minimum Gasteiger partial charge on any atom is -0.371 e. The molecule has 0 unspecified atom stereocenters. The Morgan fingerprint density at radius 1 is 1.00 bits per heavy atom. The molecule has 6 nitrogen and oxygen atoms in total. The predicted octanol–water partition coefficient (Wildman–Crippen LogP) is 4.31. The van der Waals surface area contributed by atoms with Crippen LogP contribution in [-0.4, -0.2) is 49.5 Å². The second-order valence-electron chi connectivity index (χ2n) is 7.78. The fourth-order valence-corrected chi connectivity index (χ4v) is 3.91. The molecule has 1 N–H and O–H groups in total. The molecule has 2 aromatic carbocycles. The number of hydrogen-bond donors (Lipinski definition) is 1. The topological polar surface area (TPSA) is 61.9 Å². The van der Waals surface area contributed by atoms with E-state index in [9.17, 15) is 9.59 Å². The summed E-state index contributed by atoms with van der Waals surface area (Å²) in [5.74, 6) is -0.232. The van der Waals surface area contributed by atoms with Crippen molar-refractivity contribution in [2.24, 2.45) is 0 Å². The molecule has 1 fully saturated rings. The highest BCUT2D eigenvalue weighted by atomic mass is 16.5. The molecule has 166 valence electrons. The van der Waals surface area contributed by atoms with Crippen LogP contribution in [0.2, 0.25) is 0 Å². The molecule has 6 heteroatoms. The maximum absolute atomic E-state index is 13.2. The maximum atomic E-state index is 13.2. The molecule has 0 radical (unpaired) electrons. The Labute approximate surface area is 185 Å². The first kappa shape index (κ1) is 22.8. The number of amides is 2. The van der Waals surface area contributed by atoms with Crippen molar-refractivity contribution in [2.75, 3.05) is 43.0 Å². The zero-order chi connectivity index (χ0) is 22.1. The predicted molar refractivity (Wildman–Crippen MR) is 124 cm³/mol. The molecule has 0 saturated carbocycles. The van der Waals surface area contributed by atoms with Crippen molar-refractivity contribution < 1.29 is 14.3 Å². The highest BCUT2D eigenvalue weighted by Gasteiger charge is 2.22. The number of nitrogens with one attached hydrogen (secondary N) is 1. The van der Waals surface area contributed by atoms with E-state index in [4.69, 9.17) is 4.74 Å². The Morgan fingerprint density at radius 2 is 1.71 bits per heavy atom. The molecule has 0 bridgehead atoms. The minimum atomic E-state index is -0.233. The van der Waals surface area contributed by atoms with E-state index < -0.39 is 0 Å². The van der Waals surface area contributed by atoms with Gasteiger partial charge in [-0.05, 0) is 56.9 Å². The first-order valence-corrected chi connectivity index (χ1v) is 11.2. The van der Waals surface area contributed by atoms with Crippen molar-refractivity contribution in [1.82, 2.24) is 4.90 Å². The van der Waals surface area contributed by atoms with Crippen molar-refractivity contribution in [3.8, 4) is 0 Å². The van der Waals surface area contributed by atoms with Crippen molar-refractivity contribution >= 4 is 23.2 Å². The van der Waals surface area contributed by atoms with E-state index in [0.717, 1.165) is 37.2 Å². The average molecular weight is 424 g/mol. The third-order valence-electron chi connectivity index (χ3n) is 5.60. The van der Waals surface area contributed by atoms with E-state index in [-0.39, 0.29) is 18.4 Å².